The lowest BCUT2D eigenvalue weighted by Crippen LogP contribution is -2.40. The number of nitrogens with one attached hydrogen (secondary N) is 2. The zero-order chi connectivity index (χ0) is 17.7. The molecule has 0 bridgehead atoms. The molecular weight excluding hydrogens is 330 g/mol. The van der Waals surface area contributed by atoms with Crippen LogP contribution in [-0.4, -0.2) is 17.9 Å². The van der Waals surface area contributed by atoms with Crippen molar-refractivity contribution < 1.29 is 14.3 Å². The van der Waals surface area contributed by atoms with Crippen LogP contribution in [0.4, 0.5) is 5.69 Å². The second-order valence-corrected chi connectivity index (χ2v) is 5.64. The third-order valence-corrected chi connectivity index (χ3v) is 3.61. The summed E-state index contributed by atoms with van der Waals surface area (Å²) >= 11 is 5.90. The monoisotopic (exact) mass is 347 g/mol. The van der Waals surface area contributed by atoms with Gasteiger partial charge in [-0.3, -0.25) is 15.0 Å². The molecule has 4 N–H and O–H groups in total. The minimum Gasteiger partial charge on any atom is -0.481 e. The molecule has 1 atom stereocenters. The van der Waals surface area contributed by atoms with Gasteiger partial charge in [-0.1, -0.05) is 11.6 Å². The Balaban J connectivity index is 2.04. The molecule has 126 valence electrons. The second-order valence-electron chi connectivity index (χ2n) is 5.21. The maximum Gasteiger partial charge on any atom is 0.274 e. The van der Waals surface area contributed by atoms with Crippen LogP contribution in [0.25, 0.3) is 0 Å². The van der Waals surface area contributed by atoms with E-state index in [1.807, 2.05) is 12.3 Å². The Kier molecular flexibility index (Phi) is 5.78. The molecule has 0 fully saturated rings. The van der Waals surface area contributed by atoms with Crippen LogP contribution in [0.1, 0.15) is 22.8 Å². The number of aryl methyl sites for hydroxylation is 1. The van der Waals surface area contributed by atoms with Crippen molar-refractivity contribution in [1.82, 2.24) is 5.43 Å². The van der Waals surface area contributed by atoms with E-state index >= 15 is 0 Å². The Labute approximate surface area is 144 Å². The highest BCUT2D eigenvalue weighted by molar-refractivity contribution is 6.30. The van der Waals surface area contributed by atoms with Crippen molar-refractivity contribution >= 4 is 29.1 Å². The van der Waals surface area contributed by atoms with Crippen LogP contribution in [0, 0.1) is 6.92 Å². The Morgan fingerprint density at radius 3 is 2.42 bits per heavy atom. The Hall–Kier alpha value is -2.57. The molecule has 0 unspecified atom stereocenters. The molecule has 0 aliphatic carbocycles. The maximum absolute atomic E-state index is 12.3. The lowest BCUT2D eigenvalue weighted by atomic mass is 10.1. The van der Waals surface area contributed by atoms with E-state index in [9.17, 15) is 9.59 Å². The number of halogens is 1. The van der Waals surface area contributed by atoms with Crippen molar-refractivity contribution in [3.63, 3.8) is 0 Å². The fraction of sp³-hybridized carbons (Fsp3) is 0.176. The van der Waals surface area contributed by atoms with Crippen LogP contribution < -0.4 is 21.3 Å². The van der Waals surface area contributed by atoms with Crippen LogP contribution in [0.15, 0.2) is 42.5 Å². The number of carbonyl (C=O) groups excluding carboxylic acids is 2. The van der Waals surface area contributed by atoms with Crippen LogP contribution in [0.3, 0.4) is 0 Å². The van der Waals surface area contributed by atoms with Gasteiger partial charge in [-0.15, -0.1) is 0 Å². The SMILES string of the molecule is Cc1cc(Cl)ccc1NC(=O)c1ccc(O[C@@H](C)C(=O)NN)cc1. The summed E-state index contributed by atoms with van der Waals surface area (Å²) in [5.41, 5.74) is 4.04. The van der Waals surface area contributed by atoms with Gasteiger partial charge in [0.15, 0.2) is 6.10 Å². The van der Waals surface area contributed by atoms with Crippen molar-refractivity contribution in [3.05, 3.63) is 58.6 Å². The molecule has 0 radical (unpaired) electrons. The first-order valence-electron chi connectivity index (χ1n) is 7.25. The van der Waals surface area contributed by atoms with Gasteiger partial charge in [0.05, 0.1) is 0 Å². The summed E-state index contributed by atoms with van der Waals surface area (Å²) < 4.78 is 5.41. The second kappa shape index (κ2) is 7.81. The van der Waals surface area contributed by atoms with Crippen molar-refractivity contribution in [2.75, 3.05) is 5.32 Å². The van der Waals surface area contributed by atoms with Crippen LogP contribution >= 0.6 is 11.6 Å². The number of rotatable bonds is 5. The van der Waals surface area contributed by atoms with E-state index in [1.165, 1.54) is 0 Å². The lowest BCUT2D eigenvalue weighted by molar-refractivity contribution is -0.127. The molecule has 0 aromatic heterocycles. The first kappa shape index (κ1) is 17.8. The zero-order valence-corrected chi connectivity index (χ0v) is 14.1. The predicted molar refractivity (Wildman–Crippen MR) is 93.0 cm³/mol. The van der Waals surface area contributed by atoms with Crippen molar-refractivity contribution in [2.45, 2.75) is 20.0 Å². The fourth-order valence-electron chi connectivity index (χ4n) is 2.02. The number of amides is 2. The molecule has 2 rings (SSSR count). The topological polar surface area (TPSA) is 93.4 Å². The van der Waals surface area contributed by atoms with E-state index in [0.29, 0.717) is 22.0 Å². The summed E-state index contributed by atoms with van der Waals surface area (Å²) in [4.78, 5) is 23.6. The van der Waals surface area contributed by atoms with Crippen LogP contribution in [0.2, 0.25) is 5.02 Å². The van der Waals surface area contributed by atoms with Crippen molar-refractivity contribution in [1.29, 1.82) is 0 Å². The summed E-state index contributed by atoms with van der Waals surface area (Å²) in [7, 11) is 0. The average molecular weight is 348 g/mol. The van der Waals surface area contributed by atoms with Crippen molar-refractivity contribution in [3.8, 4) is 5.75 Å². The predicted octanol–water partition coefficient (Wildman–Crippen LogP) is 2.66. The highest BCUT2D eigenvalue weighted by atomic mass is 35.5. The number of ether oxygens (including phenoxy) is 1. The standard InChI is InChI=1S/C17H18ClN3O3/c1-10-9-13(18)5-8-15(10)20-17(23)12-3-6-14(7-4-12)24-11(2)16(22)21-19/h3-9,11H,19H2,1-2H3,(H,20,23)(H,21,22)/t11-/m0/s1. The number of hydrogen-bond acceptors (Lipinski definition) is 4. The molecule has 0 aliphatic rings. The summed E-state index contributed by atoms with van der Waals surface area (Å²) in [6, 6.07) is 11.7. The minimum absolute atomic E-state index is 0.250. The Morgan fingerprint density at radius 2 is 1.83 bits per heavy atom. The van der Waals surface area contributed by atoms with Gasteiger partial charge in [0.1, 0.15) is 5.75 Å². The quantitative estimate of drug-likeness (QED) is 0.440. The summed E-state index contributed by atoms with van der Waals surface area (Å²) in [6.45, 7) is 3.44. The minimum atomic E-state index is -0.730. The highest BCUT2D eigenvalue weighted by Gasteiger charge is 2.13. The zero-order valence-electron chi connectivity index (χ0n) is 13.3. The van der Waals surface area contributed by atoms with Gasteiger partial charge in [0, 0.05) is 16.3 Å². The molecule has 2 aromatic carbocycles. The molecule has 2 amide bonds. The van der Waals surface area contributed by atoms with Gasteiger partial charge in [-0.2, -0.15) is 0 Å². The van der Waals surface area contributed by atoms with Gasteiger partial charge < -0.3 is 10.1 Å². The molecule has 7 heteroatoms. The molecule has 24 heavy (non-hydrogen) atoms. The normalized spacial score (nSPS) is 11.5. The van der Waals surface area contributed by atoms with Gasteiger partial charge >= 0.3 is 0 Å². The van der Waals surface area contributed by atoms with Crippen LogP contribution in [0.5, 0.6) is 5.75 Å². The van der Waals surface area contributed by atoms with Gasteiger partial charge in [-0.05, 0) is 61.9 Å². The van der Waals surface area contributed by atoms with E-state index in [1.54, 1.807) is 49.4 Å². The van der Waals surface area contributed by atoms with Gasteiger partial charge in [0.2, 0.25) is 0 Å². The van der Waals surface area contributed by atoms with E-state index in [2.05, 4.69) is 5.32 Å². The lowest BCUT2D eigenvalue weighted by Gasteiger charge is -2.13. The molecule has 0 saturated heterocycles. The average Bonchev–Trinajstić information content (AvgIpc) is 2.57. The third kappa shape index (κ3) is 4.47. The number of anilines is 1. The Morgan fingerprint density at radius 1 is 1.17 bits per heavy atom. The molecular formula is C17H18ClN3O3. The van der Waals surface area contributed by atoms with E-state index in [-0.39, 0.29) is 5.91 Å². The van der Waals surface area contributed by atoms with Gasteiger partial charge in [-0.25, -0.2) is 5.84 Å². The maximum atomic E-state index is 12.3. The number of hydrazine groups is 1. The first-order chi connectivity index (χ1) is 11.4. The number of hydrogen-bond donors (Lipinski definition) is 3. The summed E-state index contributed by atoms with van der Waals surface area (Å²) in [5.74, 6) is 4.82. The molecule has 0 aliphatic heterocycles. The Bertz CT molecular complexity index is 747. The molecule has 0 heterocycles. The third-order valence-electron chi connectivity index (χ3n) is 3.38. The number of nitrogens with two attached hydrogens (primary N) is 1. The molecule has 0 spiro atoms. The van der Waals surface area contributed by atoms with Gasteiger partial charge in [0.25, 0.3) is 11.8 Å². The van der Waals surface area contributed by atoms with Crippen LogP contribution in [-0.2, 0) is 4.79 Å². The molecule has 2 aromatic rings. The van der Waals surface area contributed by atoms with E-state index < -0.39 is 12.0 Å². The molecule has 0 saturated carbocycles. The molecule has 6 nitrogen and oxygen atoms in total. The fourth-order valence-corrected chi connectivity index (χ4v) is 2.25. The summed E-state index contributed by atoms with van der Waals surface area (Å²) in [6.07, 6.45) is -0.730. The smallest absolute Gasteiger partial charge is 0.274 e. The highest BCUT2D eigenvalue weighted by Crippen LogP contribution is 2.21. The van der Waals surface area contributed by atoms with Crippen molar-refractivity contribution in [2.24, 2.45) is 5.84 Å². The first-order valence-corrected chi connectivity index (χ1v) is 7.63. The largest absolute Gasteiger partial charge is 0.481 e. The van der Waals surface area contributed by atoms with E-state index in [0.717, 1.165) is 5.56 Å². The number of benzene rings is 2. The summed E-state index contributed by atoms with van der Waals surface area (Å²) in [5, 5.41) is 3.44. The number of carbonyl (C=O) groups is 2. The van der Waals surface area contributed by atoms with E-state index in [4.69, 9.17) is 22.2 Å².